The van der Waals surface area contributed by atoms with E-state index in [2.05, 4.69) is 20.8 Å². The molecule has 4 rings (SSSR count). The molecule has 3 heteroatoms. The number of ether oxygens (including phenoxy) is 2. The Kier molecular flexibility index (Phi) is 3.34. The van der Waals surface area contributed by atoms with Gasteiger partial charge in [0.05, 0.1) is 19.3 Å². The van der Waals surface area contributed by atoms with Crippen LogP contribution in [0.2, 0.25) is 0 Å². The predicted molar refractivity (Wildman–Crippen MR) is 89.3 cm³/mol. The van der Waals surface area contributed by atoms with Crippen LogP contribution in [0.4, 0.5) is 0 Å². The minimum Gasteiger partial charge on any atom is -0.496 e. The van der Waals surface area contributed by atoms with E-state index in [9.17, 15) is 5.11 Å². The van der Waals surface area contributed by atoms with Crippen LogP contribution in [0.25, 0.3) is 0 Å². The second-order valence-corrected chi connectivity index (χ2v) is 8.47. The molecule has 3 aliphatic rings. The summed E-state index contributed by atoms with van der Waals surface area (Å²) >= 11 is 0. The monoisotopic (exact) mass is 316 g/mol. The minimum absolute atomic E-state index is 0.114. The molecule has 0 spiro atoms. The van der Waals surface area contributed by atoms with E-state index in [-0.39, 0.29) is 11.5 Å². The molecule has 1 aromatic carbocycles. The van der Waals surface area contributed by atoms with Crippen LogP contribution in [0.3, 0.4) is 0 Å². The number of methoxy groups -OCH3 is 1. The summed E-state index contributed by atoms with van der Waals surface area (Å²) in [6, 6.07) is 7.73. The molecule has 1 heterocycles. The first-order chi connectivity index (χ1) is 10.9. The lowest BCUT2D eigenvalue weighted by molar-refractivity contribution is -0.0922. The zero-order valence-corrected chi connectivity index (χ0v) is 14.6. The van der Waals surface area contributed by atoms with Crippen LogP contribution in [0.1, 0.15) is 51.7 Å². The Morgan fingerprint density at radius 2 is 2.00 bits per heavy atom. The van der Waals surface area contributed by atoms with Crippen molar-refractivity contribution in [2.75, 3.05) is 7.11 Å². The van der Waals surface area contributed by atoms with Gasteiger partial charge in [0.15, 0.2) is 0 Å². The summed E-state index contributed by atoms with van der Waals surface area (Å²) in [4.78, 5) is 0. The fraction of sp³-hybridized carbons (Fsp3) is 0.700. The average molecular weight is 316 g/mol. The Morgan fingerprint density at radius 1 is 1.26 bits per heavy atom. The first-order valence-corrected chi connectivity index (χ1v) is 8.86. The van der Waals surface area contributed by atoms with Gasteiger partial charge < -0.3 is 14.6 Å². The van der Waals surface area contributed by atoms with Gasteiger partial charge in [-0.1, -0.05) is 39.0 Å². The molecule has 126 valence electrons. The van der Waals surface area contributed by atoms with Crippen molar-refractivity contribution in [2.45, 2.75) is 58.3 Å². The number of aliphatic hydroxyl groups excluding tert-OH is 1. The summed E-state index contributed by atoms with van der Waals surface area (Å²) in [5.74, 6) is 2.07. The molecular weight excluding hydrogens is 288 g/mol. The summed E-state index contributed by atoms with van der Waals surface area (Å²) in [5.41, 5.74) is 1.44. The van der Waals surface area contributed by atoms with Crippen molar-refractivity contribution in [1.29, 1.82) is 0 Å². The first kappa shape index (κ1) is 15.5. The lowest BCUT2D eigenvalue weighted by atomic mass is 9.70. The van der Waals surface area contributed by atoms with E-state index >= 15 is 0 Å². The zero-order valence-electron chi connectivity index (χ0n) is 14.6. The Hall–Kier alpha value is -1.06. The third-order valence-electron chi connectivity index (χ3n) is 7.54. The molecule has 1 unspecified atom stereocenters. The topological polar surface area (TPSA) is 38.7 Å². The SMILES string of the molecule is COc1ccccc1C(O)[C@H]1C[C@@H]2[C@H]3CC[C@@](C)([C@@H]2O1)C3(C)C. The minimum atomic E-state index is -0.608. The number of benzene rings is 1. The van der Waals surface area contributed by atoms with Gasteiger partial charge in [0.2, 0.25) is 0 Å². The molecule has 1 aromatic rings. The van der Waals surface area contributed by atoms with E-state index in [0.29, 0.717) is 17.4 Å². The first-order valence-electron chi connectivity index (χ1n) is 8.86. The van der Waals surface area contributed by atoms with E-state index in [1.807, 2.05) is 24.3 Å². The maximum absolute atomic E-state index is 10.9. The molecule has 0 amide bonds. The standard InChI is InChI=1S/C20H28O3/c1-19(2)14-9-10-20(19,3)18-13(14)11-16(23-18)17(21)12-7-5-6-8-15(12)22-4/h5-8,13-14,16-18,21H,9-11H2,1-4H3/t13-,14-,16-,17?,18-,20+/m1/s1. The van der Waals surface area contributed by atoms with Gasteiger partial charge in [-0.2, -0.15) is 0 Å². The van der Waals surface area contributed by atoms with Gasteiger partial charge in [-0.05, 0) is 48.0 Å². The van der Waals surface area contributed by atoms with Crippen LogP contribution in [0.15, 0.2) is 24.3 Å². The summed E-state index contributed by atoms with van der Waals surface area (Å²) < 4.78 is 11.9. The van der Waals surface area contributed by atoms with Gasteiger partial charge in [0.25, 0.3) is 0 Å². The van der Waals surface area contributed by atoms with Gasteiger partial charge in [-0.15, -0.1) is 0 Å². The molecule has 2 aliphatic carbocycles. The molecule has 1 saturated heterocycles. The molecule has 0 radical (unpaired) electrons. The summed E-state index contributed by atoms with van der Waals surface area (Å²) in [6.07, 6.45) is 3.10. The van der Waals surface area contributed by atoms with Crippen LogP contribution in [-0.2, 0) is 4.74 Å². The van der Waals surface area contributed by atoms with Gasteiger partial charge in [-0.3, -0.25) is 0 Å². The fourth-order valence-electron chi connectivity index (χ4n) is 5.87. The molecule has 2 saturated carbocycles. The number of hydrogen-bond donors (Lipinski definition) is 1. The van der Waals surface area contributed by atoms with Crippen LogP contribution in [0, 0.1) is 22.7 Å². The fourth-order valence-corrected chi connectivity index (χ4v) is 5.87. The number of para-hydroxylation sites is 1. The van der Waals surface area contributed by atoms with E-state index in [0.717, 1.165) is 23.7 Å². The van der Waals surface area contributed by atoms with Gasteiger partial charge >= 0.3 is 0 Å². The number of hydrogen-bond acceptors (Lipinski definition) is 3. The second kappa shape index (κ2) is 4.97. The van der Waals surface area contributed by atoms with Crippen LogP contribution in [0.5, 0.6) is 5.75 Å². The molecular formula is C20H28O3. The highest BCUT2D eigenvalue weighted by Crippen LogP contribution is 2.71. The maximum Gasteiger partial charge on any atom is 0.124 e. The highest BCUT2D eigenvalue weighted by atomic mass is 16.5. The smallest absolute Gasteiger partial charge is 0.124 e. The van der Waals surface area contributed by atoms with E-state index in [4.69, 9.17) is 9.47 Å². The van der Waals surface area contributed by atoms with Gasteiger partial charge in [0, 0.05) is 5.56 Å². The number of aliphatic hydroxyl groups is 1. The van der Waals surface area contributed by atoms with Gasteiger partial charge in [0.1, 0.15) is 11.9 Å². The molecule has 2 bridgehead atoms. The quantitative estimate of drug-likeness (QED) is 0.917. The molecule has 6 atom stereocenters. The average Bonchev–Trinajstić information content (AvgIpc) is 3.12. The molecule has 1 aliphatic heterocycles. The van der Waals surface area contributed by atoms with Gasteiger partial charge in [-0.25, -0.2) is 0 Å². The lowest BCUT2D eigenvalue weighted by Gasteiger charge is -2.39. The van der Waals surface area contributed by atoms with Crippen LogP contribution < -0.4 is 4.74 Å². The normalized spacial score (nSPS) is 41.8. The zero-order chi connectivity index (χ0) is 16.4. The Morgan fingerprint density at radius 3 is 2.70 bits per heavy atom. The van der Waals surface area contributed by atoms with Crippen molar-refractivity contribution in [2.24, 2.45) is 22.7 Å². The van der Waals surface area contributed by atoms with Crippen molar-refractivity contribution in [3.63, 3.8) is 0 Å². The number of rotatable bonds is 3. The molecule has 3 nitrogen and oxygen atoms in total. The number of fused-ring (bicyclic) bond motifs is 5. The third kappa shape index (κ3) is 1.90. The van der Waals surface area contributed by atoms with E-state index < -0.39 is 6.10 Å². The predicted octanol–water partition coefficient (Wildman–Crippen LogP) is 3.96. The Balaban J connectivity index is 1.59. The van der Waals surface area contributed by atoms with Crippen molar-refractivity contribution in [3.8, 4) is 5.75 Å². The Labute approximate surface area is 139 Å². The van der Waals surface area contributed by atoms with Crippen LogP contribution in [-0.4, -0.2) is 24.4 Å². The summed E-state index contributed by atoms with van der Waals surface area (Å²) in [6.45, 7) is 7.23. The molecule has 1 N–H and O–H groups in total. The van der Waals surface area contributed by atoms with E-state index in [1.165, 1.54) is 12.8 Å². The second-order valence-electron chi connectivity index (χ2n) is 8.47. The van der Waals surface area contributed by atoms with Crippen molar-refractivity contribution >= 4 is 0 Å². The lowest BCUT2D eigenvalue weighted by Crippen LogP contribution is -2.38. The van der Waals surface area contributed by atoms with Crippen molar-refractivity contribution in [3.05, 3.63) is 29.8 Å². The van der Waals surface area contributed by atoms with Crippen LogP contribution >= 0.6 is 0 Å². The molecule has 3 fully saturated rings. The summed E-state index contributed by atoms with van der Waals surface area (Å²) in [7, 11) is 1.65. The third-order valence-corrected chi connectivity index (χ3v) is 7.54. The largest absolute Gasteiger partial charge is 0.496 e. The van der Waals surface area contributed by atoms with E-state index in [1.54, 1.807) is 7.11 Å². The maximum atomic E-state index is 10.9. The van der Waals surface area contributed by atoms with Crippen molar-refractivity contribution in [1.82, 2.24) is 0 Å². The van der Waals surface area contributed by atoms with Crippen molar-refractivity contribution < 1.29 is 14.6 Å². The molecule has 0 aromatic heterocycles. The highest BCUT2D eigenvalue weighted by molar-refractivity contribution is 5.36. The summed E-state index contributed by atoms with van der Waals surface area (Å²) in [5, 5.41) is 10.9. The highest BCUT2D eigenvalue weighted by Gasteiger charge is 2.69. The molecule has 23 heavy (non-hydrogen) atoms. The Bertz CT molecular complexity index is 611.